The van der Waals surface area contributed by atoms with E-state index in [4.69, 9.17) is 5.73 Å². The third-order valence-corrected chi connectivity index (χ3v) is 2.56. The number of hydrogen-bond donors (Lipinski definition) is 2. The quantitative estimate of drug-likeness (QED) is 0.741. The van der Waals surface area contributed by atoms with Gasteiger partial charge < -0.3 is 10.8 Å². The molecule has 0 spiro atoms. The molecule has 0 heterocycles. The fourth-order valence-electron chi connectivity index (χ4n) is 1.76. The van der Waals surface area contributed by atoms with Crippen LogP contribution in [0.5, 0.6) is 5.75 Å². The first-order valence-electron chi connectivity index (χ1n) is 5.96. The first-order chi connectivity index (χ1) is 7.76. The van der Waals surface area contributed by atoms with E-state index < -0.39 is 0 Å². The Bertz CT molecular complexity index is 284. The average molecular weight is 222 g/mol. The van der Waals surface area contributed by atoms with Crippen LogP contribution >= 0.6 is 0 Å². The van der Waals surface area contributed by atoms with Gasteiger partial charge in [-0.15, -0.1) is 0 Å². The summed E-state index contributed by atoms with van der Waals surface area (Å²) < 4.78 is 0. The lowest BCUT2D eigenvalue weighted by molar-refractivity contribution is 0.264. The standard InChI is InChI=1S/C13H22N2O/c1-2-9-15(10-3-8-14)11-12-4-6-13(16)7-5-12/h4-7,16H,2-3,8-11,14H2,1H3. The van der Waals surface area contributed by atoms with Gasteiger partial charge in [0.05, 0.1) is 0 Å². The molecule has 16 heavy (non-hydrogen) atoms. The summed E-state index contributed by atoms with van der Waals surface area (Å²) in [5, 5.41) is 9.21. The Morgan fingerprint density at radius 2 is 1.88 bits per heavy atom. The van der Waals surface area contributed by atoms with Crippen molar-refractivity contribution in [3.8, 4) is 5.75 Å². The Labute approximate surface area is 97.9 Å². The monoisotopic (exact) mass is 222 g/mol. The number of rotatable bonds is 7. The molecule has 0 saturated heterocycles. The molecule has 3 N–H and O–H groups in total. The Balaban J connectivity index is 2.49. The van der Waals surface area contributed by atoms with E-state index in [2.05, 4.69) is 11.8 Å². The highest BCUT2D eigenvalue weighted by Gasteiger charge is 2.04. The molecule has 0 aromatic heterocycles. The molecule has 0 bridgehead atoms. The molecular weight excluding hydrogens is 200 g/mol. The van der Waals surface area contributed by atoms with E-state index in [-0.39, 0.29) is 0 Å². The van der Waals surface area contributed by atoms with Crippen molar-refractivity contribution in [3.05, 3.63) is 29.8 Å². The minimum Gasteiger partial charge on any atom is -0.508 e. The second kappa shape index (κ2) is 7.25. The number of nitrogens with two attached hydrogens (primary N) is 1. The van der Waals surface area contributed by atoms with E-state index >= 15 is 0 Å². The Morgan fingerprint density at radius 1 is 1.19 bits per heavy atom. The molecule has 1 rings (SSSR count). The molecule has 90 valence electrons. The summed E-state index contributed by atoms with van der Waals surface area (Å²) in [6.07, 6.45) is 2.20. The first kappa shape index (κ1) is 13.0. The predicted octanol–water partition coefficient (Wildman–Crippen LogP) is 1.95. The molecule has 1 aromatic carbocycles. The van der Waals surface area contributed by atoms with E-state index in [1.807, 2.05) is 12.1 Å². The smallest absolute Gasteiger partial charge is 0.115 e. The van der Waals surface area contributed by atoms with Crippen LogP contribution in [-0.2, 0) is 6.54 Å². The van der Waals surface area contributed by atoms with Crippen LogP contribution in [0.3, 0.4) is 0 Å². The van der Waals surface area contributed by atoms with Crippen molar-refractivity contribution in [2.75, 3.05) is 19.6 Å². The van der Waals surface area contributed by atoms with Gasteiger partial charge in [0, 0.05) is 6.54 Å². The average Bonchev–Trinajstić information content (AvgIpc) is 2.29. The van der Waals surface area contributed by atoms with Gasteiger partial charge in [0.2, 0.25) is 0 Å². The third kappa shape index (κ3) is 4.64. The van der Waals surface area contributed by atoms with Gasteiger partial charge in [-0.05, 0) is 50.2 Å². The summed E-state index contributed by atoms with van der Waals surface area (Å²) >= 11 is 0. The van der Waals surface area contributed by atoms with Gasteiger partial charge in [0.15, 0.2) is 0 Å². The van der Waals surface area contributed by atoms with Crippen molar-refractivity contribution in [2.24, 2.45) is 5.73 Å². The van der Waals surface area contributed by atoms with Gasteiger partial charge in [-0.25, -0.2) is 0 Å². The summed E-state index contributed by atoms with van der Waals surface area (Å²) in [4.78, 5) is 2.40. The third-order valence-electron chi connectivity index (χ3n) is 2.56. The zero-order valence-corrected chi connectivity index (χ0v) is 10.0. The van der Waals surface area contributed by atoms with Gasteiger partial charge in [-0.1, -0.05) is 19.1 Å². The molecule has 3 nitrogen and oxygen atoms in total. The van der Waals surface area contributed by atoms with Gasteiger partial charge >= 0.3 is 0 Å². The maximum Gasteiger partial charge on any atom is 0.115 e. The molecule has 0 atom stereocenters. The highest BCUT2D eigenvalue weighted by molar-refractivity contribution is 5.25. The highest BCUT2D eigenvalue weighted by atomic mass is 16.3. The topological polar surface area (TPSA) is 49.5 Å². The van der Waals surface area contributed by atoms with Crippen molar-refractivity contribution in [1.29, 1.82) is 0 Å². The van der Waals surface area contributed by atoms with E-state index in [1.54, 1.807) is 12.1 Å². The molecule has 0 fully saturated rings. The summed E-state index contributed by atoms with van der Waals surface area (Å²) in [7, 11) is 0. The number of phenols is 1. The van der Waals surface area contributed by atoms with Crippen molar-refractivity contribution in [1.82, 2.24) is 4.90 Å². The largest absolute Gasteiger partial charge is 0.508 e. The van der Waals surface area contributed by atoms with E-state index in [0.717, 1.165) is 39.0 Å². The molecule has 0 radical (unpaired) electrons. The zero-order chi connectivity index (χ0) is 11.8. The Morgan fingerprint density at radius 3 is 2.44 bits per heavy atom. The van der Waals surface area contributed by atoms with Crippen molar-refractivity contribution < 1.29 is 5.11 Å². The number of nitrogens with zero attached hydrogens (tertiary/aromatic N) is 1. The van der Waals surface area contributed by atoms with Crippen LogP contribution in [0, 0.1) is 0 Å². The molecule has 0 aliphatic heterocycles. The molecule has 0 saturated carbocycles. The highest BCUT2D eigenvalue weighted by Crippen LogP contribution is 2.12. The van der Waals surface area contributed by atoms with Gasteiger partial charge in [-0.3, -0.25) is 4.90 Å². The lowest BCUT2D eigenvalue weighted by Gasteiger charge is -2.21. The lowest BCUT2D eigenvalue weighted by atomic mass is 10.2. The normalized spacial score (nSPS) is 10.9. The molecule has 0 amide bonds. The number of benzene rings is 1. The van der Waals surface area contributed by atoms with Crippen LogP contribution in [0.2, 0.25) is 0 Å². The summed E-state index contributed by atoms with van der Waals surface area (Å²) in [6, 6.07) is 7.42. The Hall–Kier alpha value is -1.06. The van der Waals surface area contributed by atoms with Gasteiger partial charge in [0.1, 0.15) is 5.75 Å². The van der Waals surface area contributed by atoms with E-state index in [9.17, 15) is 5.11 Å². The van der Waals surface area contributed by atoms with Crippen LogP contribution in [-0.4, -0.2) is 29.6 Å². The molecule has 0 aliphatic rings. The number of hydrogen-bond acceptors (Lipinski definition) is 3. The molecule has 1 aromatic rings. The molecular formula is C13H22N2O. The summed E-state index contributed by atoms with van der Waals surface area (Å²) in [5.41, 5.74) is 6.77. The lowest BCUT2D eigenvalue weighted by Crippen LogP contribution is -2.26. The SMILES string of the molecule is CCCN(CCCN)Cc1ccc(O)cc1. The van der Waals surface area contributed by atoms with Crippen molar-refractivity contribution >= 4 is 0 Å². The minimum absolute atomic E-state index is 0.327. The summed E-state index contributed by atoms with van der Waals surface area (Å²) in [5.74, 6) is 0.327. The molecule has 3 heteroatoms. The van der Waals surface area contributed by atoms with Crippen LogP contribution in [0.15, 0.2) is 24.3 Å². The number of phenolic OH excluding ortho intramolecular Hbond substituents is 1. The first-order valence-corrected chi connectivity index (χ1v) is 5.96. The maximum atomic E-state index is 9.21. The Kier molecular flexibility index (Phi) is 5.90. The van der Waals surface area contributed by atoms with Crippen molar-refractivity contribution in [3.63, 3.8) is 0 Å². The van der Waals surface area contributed by atoms with E-state index in [1.165, 1.54) is 5.56 Å². The maximum absolute atomic E-state index is 9.21. The molecule has 0 aliphatic carbocycles. The summed E-state index contributed by atoms with van der Waals surface area (Å²) in [6.45, 7) is 6.02. The second-order valence-corrected chi connectivity index (χ2v) is 4.08. The zero-order valence-electron chi connectivity index (χ0n) is 10.0. The predicted molar refractivity (Wildman–Crippen MR) is 67.3 cm³/mol. The second-order valence-electron chi connectivity index (χ2n) is 4.08. The van der Waals surface area contributed by atoms with Crippen LogP contribution in [0.25, 0.3) is 0 Å². The van der Waals surface area contributed by atoms with Crippen molar-refractivity contribution in [2.45, 2.75) is 26.3 Å². The van der Waals surface area contributed by atoms with Crippen LogP contribution in [0.1, 0.15) is 25.3 Å². The molecule has 0 unspecified atom stereocenters. The minimum atomic E-state index is 0.327. The number of aromatic hydroxyl groups is 1. The van der Waals surface area contributed by atoms with E-state index in [0.29, 0.717) is 5.75 Å². The van der Waals surface area contributed by atoms with Gasteiger partial charge in [0.25, 0.3) is 0 Å². The fourth-order valence-corrected chi connectivity index (χ4v) is 1.76. The van der Waals surface area contributed by atoms with Gasteiger partial charge in [-0.2, -0.15) is 0 Å². The van der Waals surface area contributed by atoms with Crippen LogP contribution in [0.4, 0.5) is 0 Å². The van der Waals surface area contributed by atoms with Crippen LogP contribution < -0.4 is 5.73 Å². The fraction of sp³-hybridized carbons (Fsp3) is 0.538.